The number of carbonyl (C=O) groups is 2. The van der Waals surface area contributed by atoms with E-state index >= 15 is 0 Å². The van der Waals surface area contributed by atoms with E-state index in [4.69, 9.17) is 9.90 Å². The number of pyridine rings is 1. The molecule has 6 nitrogen and oxygen atoms in total. The molecule has 0 aliphatic carbocycles. The first-order valence-electron chi connectivity index (χ1n) is 10.9. The maximum Gasteiger partial charge on any atom is 0.290 e. The highest BCUT2D eigenvalue weighted by Gasteiger charge is 2.45. The number of fused-ring (bicyclic) bond motifs is 4. The summed E-state index contributed by atoms with van der Waals surface area (Å²) in [5.41, 5.74) is 1.79. The largest absolute Gasteiger partial charge is 0.483 e. The summed E-state index contributed by atoms with van der Waals surface area (Å²) in [6.07, 6.45) is 7.50. The van der Waals surface area contributed by atoms with Gasteiger partial charge in [0.1, 0.15) is 5.82 Å². The van der Waals surface area contributed by atoms with E-state index in [2.05, 4.69) is 40.2 Å². The summed E-state index contributed by atoms with van der Waals surface area (Å²) in [5, 5.41) is 6.89. The highest BCUT2D eigenvalue weighted by Crippen LogP contribution is 2.44. The van der Waals surface area contributed by atoms with Crippen molar-refractivity contribution < 1.29 is 19.1 Å². The maximum absolute atomic E-state index is 13.5. The quantitative estimate of drug-likeness (QED) is 0.744. The molecule has 0 radical (unpaired) electrons. The van der Waals surface area contributed by atoms with Gasteiger partial charge < -0.3 is 10.0 Å². The van der Waals surface area contributed by atoms with Crippen molar-refractivity contribution in [2.75, 3.05) is 19.6 Å². The van der Waals surface area contributed by atoms with Crippen LogP contribution in [-0.4, -0.2) is 57.9 Å². The highest BCUT2D eigenvalue weighted by molar-refractivity contribution is 5.94. The van der Waals surface area contributed by atoms with Crippen molar-refractivity contribution in [1.82, 2.24) is 14.8 Å². The molecular formula is C24H28FN3O3. The number of amides is 1. The lowest BCUT2D eigenvalue weighted by Gasteiger charge is -2.55. The summed E-state index contributed by atoms with van der Waals surface area (Å²) in [6.45, 7) is 2.33. The Morgan fingerprint density at radius 2 is 1.90 bits per heavy atom. The molecule has 1 N–H and O–H groups in total. The van der Waals surface area contributed by atoms with Crippen molar-refractivity contribution in [2.45, 2.75) is 37.8 Å². The van der Waals surface area contributed by atoms with E-state index in [1.54, 1.807) is 0 Å². The first-order chi connectivity index (χ1) is 15.1. The Kier molecular flexibility index (Phi) is 6.61. The topological polar surface area (TPSA) is 73.7 Å². The molecule has 0 spiro atoms. The van der Waals surface area contributed by atoms with Crippen molar-refractivity contribution in [3.05, 3.63) is 65.7 Å². The molecule has 5 rings (SSSR count). The van der Waals surface area contributed by atoms with Gasteiger partial charge in [0.05, 0.1) is 11.8 Å². The van der Waals surface area contributed by atoms with Crippen LogP contribution in [0.1, 0.15) is 47.6 Å². The van der Waals surface area contributed by atoms with Gasteiger partial charge in [0.25, 0.3) is 12.4 Å². The second-order valence-electron chi connectivity index (χ2n) is 8.69. The first kappa shape index (κ1) is 21.4. The normalized spacial score (nSPS) is 27.5. The zero-order chi connectivity index (χ0) is 21.8. The Morgan fingerprint density at radius 1 is 1.13 bits per heavy atom. The molecule has 4 atom stereocenters. The Balaban J connectivity index is 0.000000730. The van der Waals surface area contributed by atoms with Gasteiger partial charge in [-0.1, -0.05) is 30.3 Å². The molecule has 2 aromatic rings. The lowest BCUT2D eigenvalue weighted by Crippen LogP contribution is -2.60. The molecule has 31 heavy (non-hydrogen) atoms. The zero-order valence-electron chi connectivity index (χ0n) is 17.4. The number of piperidine rings is 3. The van der Waals surface area contributed by atoms with Crippen molar-refractivity contribution in [3.63, 3.8) is 0 Å². The van der Waals surface area contributed by atoms with Crippen molar-refractivity contribution in [1.29, 1.82) is 0 Å². The third-order valence-electron chi connectivity index (χ3n) is 6.81. The number of carbonyl (C=O) groups excluding carboxylic acids is 1. The van der Waals surface area contributed by atoms with Crippen molar-refractivity contribution in [2.24, 2.45) is 11.8 Å². The molecule has 7 heteroatoms. The van der Waals surface area contributed by atoms with Gasteiger partial charge in [0.15, 0.2) is 0 Å². The van der Waals surface area contributed by atoms with Gasteiger partial charge in [0, 0.05) is 37.9 Å². The minimum absolute atomic E-state index is 0.0782. The summed E-state index contributed by atoms with van der Waals surface area (Å²) in [4.78, 5) is 29.8. The van der Waals surface area contributed by atoms with E-state index in [1.807, 2.05) is 4.90 Å². The van der Waals surface area contributed by atoms with Gasteiger partial charge >= 0.3 is 0 Å². The number of likely N-dealkylation sites (tertiary alicyclic amines) is 1. The minimum atomic E-state index is -0.452. The predicted octanol–water partition coefficient (Wildman–Crippen LogP) is 3.61. The fourth-order valence-electron chi connectivity index (χ4n) is 5.72. The van der Waals surface area contributed by atoms with E-state index < -0.39 is 5.82 Å². The van der Waals surface area contributed by atoms with Crippen LogP contribution in [0, 0.1) is 17.7 Å². The molecule has 1 aromatic heterocycles. The van der Waals surface area contributed by atoms with E-state index in [1.165, 1.54) is 43.5 Å². The maximum atomic E-state index is 13.5. The van der Waals surface area contributed by atoms with Gasteiger partial charge in [0.2, 0.25) is 0 Å². The zero-order valence-corrected chi connectivity index (χ0v) is 17.4. The lowest BCUT2D eigenvalue weighted by molar-refractivity contribution is -0.122. The van der Waals surface area contributed by atoms with Crippen LogP contribution >= 0.6 is 0 Å². The number of halogens is 1. The number of rotatable bonds is 2. The fourth-order valence-corrected chi connectivity index (χ4v) is 5.72. The standard InChI is InChI=1S/C23H26FN3O.CH2O2/c24-20-10-18(11-25-12-20)23(28)26-13-16-9-19(15-26)22-8-4-7-21(27(22)14-16)17-5-2-1-3-6-17;2-1-3/h1-3,5-6,10-12,16,19,21-22H,4,7-9,13-15H2;1H,(H,2,3)/t16-,19+,21+,22-;/m0./s1. The monoisotopic (exact) mass is 425 g/mol. The summed E-state index contributed by atoms with van der Waals surface area (Å²) in [7, 11) is 0. The van der Waals surface area contributed by atoms with Crippen molar-refractivity contribution >= 4 is 12.4 Å². The number of benzene rings is 1. The molecule has 3 aliphatic heterocycles. The molecule has 3 saturated heterocycles. The van der Waals surface area contributed by atoms with Gasteiger partial charge in [-0.05, 0) is 49.1 Å². The number of aromatic nitrogens is 1. The average molecular weight is 426 g/mol. The Morgan fingerprint density at radius 3 is 2.65 bits per heavy atom. The van der Waals surface area contributed by atoms with Crippen LogP contribution in [0.4, 0.5) is 4.39 Å². The van der Waals surface area contributed by atoms with Crippen LogP contribution < -0.4 is 0 Å². The van der Waals surface area contributed by atoms with Crippen LogP contribution in [0.5, 0.6) is 0 Å². The molecule has 1 amide bonds. The van der Waals surface area contributed by atoms with E-state index in [0.717, 1.165) is 25.8 Å². The SMILES string of the molecule is O=C(c1cncc(F)c1)N1C[C@@H]2C[C@H](C1)[C@@H]1CCC[C@H](c3ccccc3)N1C2.O=CO. The highest BCUT2D eigenvalue weighted by atomic mass is 19.1. The second kappa shape index (κ2) is 9.56. The third kappa shape index (κ3) is 4.61. The van der Waals surface area contributed by atoms with Crippen LogP contribution in [0.25, 0.3) is 0 Å². The number of hydrogen-bond acceptors (Lipinski definition) is 4. The summed E-state index contributed by atoms with van der Waals surface area (Å²) >= 11 is 0. The smallest absolute Gasteiger partial charge is 0.290 e. The third-order valence-corrected chi connectivity index (χ3v) is 6.81. The fraction of sp³-hybridized carbons (Fsp3) is 0.458. The number of hydrogen-bond donors (Lipinski definition) is 1. The molecule has 1 aromatic carbocycles. The van der Waals surface area contributed by atoms with Crippen LogP contribution in [0.2, 0.25) is 0 Å². The van der Waals surface area contributed by atoms with E-state index in [-0.39, 0.29) is 12.4 Å². The lowest BCUT2D eigenvalue weighted by atomic mass is 9.74. The summed E-state index contributed by atoms with van der Waals surface area (Å²) < 4.78 is 13.5. The molecule has 3 aliphatic rings. The molecule has 0 saturated carbocycles. The molecule has 164 valence electrons. The Labute approximate surface area is 181 Å². The van der Waals surface area contributed by atoms with Gasteiger partial charge in [-0.25, -0.2) is 4.39 Å². The predicted molar refractivity (Wildman–Crippen MR) is 114 cm³/mol. The molecular weight excluding hydrogens is 397 g/mol. The van der Waals surface area contributed by atoms with E-state index in [0.29, 0.717) is 29.5 Å². The molecule has 4 heterocycles. The average Bonchev–Trinajstić information content (AvgIpc) is 2.79. The minimum Gasteiger partial charge on any atom is -0.483 e. The Bertz CT molecular complexity index is 910. The van der Waals surface area contributed by atoms with E-state index in [9.17, 15) is 9.18 Å². The van der Waals surface area contributed by atoms with Crippen LogP contribution in [0.15, 0.2) is 48.8 Å². The molecule has 3 fully saturated rings. The van der Waals surface area contributed by atoms with Gasteiger partial charge in [-0.15, -0.1) is 0 Å². The summed E-state index contributed by atoms with van der Waals surface area (Å²) in [6, 6.07) is 13.2. The first-order valence-corrected chi connectivity index (χ1v) is 10.9. The van der Waals surface area contributed by atoms with Crippen LogP contribution in [0.3, 0.4) is 0 Å². The van der Waals surface area contributed by atoms with Gasteiger partial charge in [-0.3, -0.25) is 19.5 Å². The Hall–Kier alpha value is -2.80. The van der Waals surface area contributed by atoms with Crippen molar-refractivity contribution in [3.8, 4) is 0 Å². The second-order valence-corrected chi connectivity index (χ2v) is 8.69. The number of nitrogens with zero attached hydrogens (tertiary/aromatic N) is 3. The number of carboxylic acid groups (broad SMARTS) is 1. The van der Waals surface area contributed by atoms with Gasteiger partial charge in [-0.2, -0.15) is 0 Å². The molecule has 0 unspecified atom stereocenters. The van der Waals surface area contributed by atoms with Crippen LogP contribution in [-0.2, 0) is 4.79 Å². The summed E-state index contributed by atoms with van der Waals surface area (Å²) in [5.74, 6) is 0.465. The molecule has 2 bridgehead atoms.